The van der Waals surface area contributed by atoms with Gasteiger partial charge in [0.25, 0.3) is 5.56 Å². The summed E-state index contributed by atoms with van der Waals surface area (Å²) >= 11 is 5.83. The van der Waals surface area contributed by atoms with Crippen LogP contribution in [0, 0.1) is 0 Å². The third kappa shape index (κ3) is 5.05. The number of benzene rings is 1. The van der Waals surface area contributed by atoms with Crippen molar-refractivity contribution in [2.45, 2.75) is 32.5 Å². The van der Waals surface area contributed by atoms with Crippen LogP contribution in [0.2, 0.25) is 5.02 Å². The second-order valence-corrected chi connectivity index (χ2v) is 7.93. The molecule has 150 valence electrons. The van der Waals surface area contributed by atoms with Crippen molar-refractivity contribution in [1.29, 1.82) is 0 Å². The lowest BCUT2D eigenvalue weighted by Crippen LogP contribution is -2.26. The molecule has 0 aliphatic carbocycles. The van der Waals surface area contributed by atoms with Crippen LogP contribution in [0.15, 0.2) is 59.7 Å². The Morgan fingerprint density at radius 3 is 2.83 bits per heavy atom. The van der Waals surface area contributed by atoms with E-state index >= 15 is 0 Å². The predicted molar refractivity (Wildman–Crippen MR) is 114 cm³/mol. The van der Waals surface area contributed by atoms with E-state index in [1.165, 1.54) is 22.8 Å². The summed E-state index contributed by atoms with van der Waals surface area (Å²) in [4.78, 5) is 19.0. The van der Waals surface area contributed by atoms with Crippen LogP contribution in [0.25, 0.3) is 0 Å². The molecule has 0 saturated carbocycles. The number of fused-ring (bicyclic) bond motifs is 1. The Hall–Kier alpha value is -2.63. The first kappa shape index (κ1) is 19.7. The van der Waals surface area contributed by atoms with Crippen LogP contribution in [0.3, 0.4) is 0 Å². The van der Waals surface area contributed by atoms with Crippen molar-refractivity contribution in [2.75, 3.05) is 13.6 Å². The number of likely N-dealkylation sites (N-methyl/N-ethyl adjacent to an activating group) is 1. The predicted octanol–water partition coefficient (Wildman–Crippen LogP) is 3.71. The van der Waals surface area contributed by atoms with Gasteiger partial charge < -0.3 is 14.2 Å². The average molecular weight is 410 g/mol. The van der Waals surface area contributed by atoms with Gasteiger partial charge in [-0.1, -0.05) is 29.8 Å². The molecule has 3 heterocycles. The normalized spacial score (nSPS) is 13.9. The van der Waals surface area contributed by atoms with Gasteiger partial charge in [-0.2, -0.15) is 0 Å². The molecule has 6 heteroatoms. The van der Waals surface area contributed by atoms with Gasteiger partial charge in [0.2, 0.25) is 0 Å². The zero-order valence-electron chi connectivity index (χ0n) is 16.5. The quantitative estimate of drug-likeness (QED) is 0.622. The second-order valence-electron chi connectivity index (χ2n) is 7.49. The summed E-state index contributed by atoms with van der Waals surface area (Å²) in [6.07, 6.45) is 5.30. The summed E-state index contributed by atoms with van der Waals surface area (Å²) in [6, 6.07) is 13.6. The van der Waals surface area contributed by atoms with Gasteiger partial charge in [0.1, 0.15) is 12.4 Å². The lowest BCUT2D eigenvalue weighted by atomic mass is 9.96. The molecule has 5 nitrogen and oxygen atoms in total. The molecular weight excluding hydrogens is 386 g/mol. The Morgan fingerprint density at radius 2 is 2.03 bits per heavy atom. The molecule has 0 atom stereocenters. The van der Waals surface area contributed by atoms with Crippen molar-refractivity contribution >= 4 is 11.6 Å². The van der Waals surface area contributed by atoms with Crippen molar-refractivity contribution in [2.24, 2.45) is 0 Å². The van der Waals surface area contributed by atoms with Crippen LogP contribution >= 0.6 is 11.6 Å². The van der Waals surface area contributed by atoms with Crippen molar-refractivity contribution in [3.63, 3.8) is 0 Å². The highest BCUT2D eigenvalue weighted by Crippen LogP contribution is 2.20. The van der Waals surface area contributed by atoms with Crippen LogP contribution < -0.4 is 10.3 Å². The molecule has 0 bridgehead atoms. The van der Waals surface area contributed by atoms with E-state index in [2.05, 4.69) is 35.1 Å². The first-order chi connectivity index (χ1) is 14.1. The standard InChI is InChI=1S/C23H24ClN3O2/c1-26-9-7-18-12-17(2-3-19(18)15-26)6-10-27-11-8-22(13-23(27)28)29-16-21-5-4-20(24)14-25-21/h2-5,8,11-14H,6-7,9-10,15-16H2,1H3. The summed E-state index contributed by atoms with van der Waals surface area (Å²) < 4.78 is 7.40. The molecule has 0 amide bonds. The Morgan fingerprint density at radius 1 is 1.14 bits per heavy atom. The SMILES string of the molecule is CN1CCc2cc(CCn3ccc(OCc4ccc(Cl)cn4)cc3=O)ccc2C1. The first-order valence-electron chi connectivity index (χ1n) is 9.80. The molecule has 0 N–H and O–H groups in total. The van der Waals surface area contributed by atoms with Crippen LogP contribution in [-0.2, 0) is 32.5 Å². The summed E-state index contributed by atoms with van der Waals surface area (Å²) in [5, 5.41) is 0.586. The van der Waals surface area contributed by atoms with Crippen LogP contribution in [0.1, 0.15) is 22.4 Å². The smallest absolute Gasteiger partial charge is 0.254 e. The minimum Gasteiger partial charge on any atom is -0.487 e. The Bertz CT molecular complexity index is 1050. The zero-order chi connectivity index (χ0) is 20.2. The highest BCUT2D eigenvalue weighted by molar-refractivity contribution is 6.30. The molecular formula is C23H24ClN3O2. The van der Waals surface area contributed by atoms with Crippen molar-refractivity contribution in [3.05, 3.63) is 92.6 Å². The lowest BCUT2D eigenvalue weighted by molar-refractivity contribution is 0.300. The minimum absolute atomic E-state index is 0.0637. The molecule has 0 saturated heterocycles. The molecule has 3 aromatic rings. The molecule has 4 rings (SSSR count). The van der Waals surface area contributed by atoms with Gasteiger partial charge in [-0.3, -0.25) is 9.78 Å². The van der Waals surface area contributed by atoms with E-state index in [9.17, 15) is 4.79 Å². The van der Waals surface area contributed by atoms with E-state index in [4.69, 9.17) is 16.3 Å². The maximum Gasteiger partial charge on any atom is 0.254 e. The molecule has 1 aromatic carbocycles. The number of pyridine rings is 2. The number of aromatic nitrogens is 2. The molecule has 29 heavy (non-hydrogen) atoms. The summed E-state index contributed by atoms with van der Waals surface area (Å²) in [7, 11) is 2.16. The monoisotopic (exact) mass is 409 g/mol. The van der Waals surface area contributed by atoms with Gasteiger partial charge in [0.15, 0.2) is 0 Å². The number of halogens is 1. The Kier molecular flexibility index (Phi) is 5.97. The van der Waals surface area contributed by atoms with Crippen molar-refractivity contribution in [1.82, 2.24) is 14.5 Å². The van der Waals surface area contributed by atoms with E-state index in [0.717, 1.165) is 31.6 Å². The van der Waals surface area contributed by atoms with E-state index < -0.39 is 0 Å². The average Bonchev–Trinajstić information content (AvgIpc) is 2.72. The molecule has 1 aliphatic heterocycles. The van der Waals surface area contributed by atoms with Gasteiger partial charge in [0.05, 0.1) is 10.7 Å². The third-order valence-electron chi connectivity index (χ3n) is 5.26. The Labute approximate surface area is 175 Å². The Balaban J connectivity index is 1.36. The number of nitrogens with zero attached hydrogens (tertiary/aromatic N) is 3. The number of hydrogen-bond donors (Lipinski definition) is 0. The minimum atomic E-state index is -0.0637. The first-order valence-corrected chi connectivity index (χ1v) is 10.2. The third-order valence-corrected chi connectivity index (χ3v) is 5.48. The van der Waals surface area contributed by atoms with Gasteiger partial charge in [-0.25, -0.2) is 0 Å². The number of rotatable bonds is 6. The maximum atomic E-state index is 12.4. The number of hydrogen-bond acceptors (Lipinski definition) is 4. The fourth-order valence-corrected chi connectivity index (χ4v) is 3.68. The maximum absolute atomic E-state index is 12.4. The van der Waals surface area contributed by atoms with Gasteiger partial charge >= 0.3 is 0 Å². The fourth-order valence-electron chi connectivity index (χ4n) is 3.57. The molecule has 2 aromatic heterocycles. The molecule has 1 aliphatic rings. The van der Waals surface area contributed by atoms with Crippen LogP contribution in [-0.4, -0.2) is 28.0 Å². The van der Waals surface area contributed by atoms with Crippen LogP contribution in [0.4, 0.5) is 0 Å². The summed E-state index contributed by atoms with van der Waals surface area (Å²) in [5.41, 5.74) is 4.82. The van der Waals surface area contributed by atoms with Crippen LogP contribution in [0.5, 0.6) is 5.75 Å². The lowest BCUT2D eigenvalue weighted by Gasteiger charge is -2.25. The van der Waals surface area contributed by atoms with Gasteiger partial charge in [0, 0.05) is 38.1 Å². The van der Waals surface area contributed by atoms with Gasteiger partial charge in [-0.15, -0.1) is 0 Å². The molecule has 0 fully saturated rings. The summed E-state index contributed by atoms with van der Waals surface area (Å²) in [5.74, 6) is 0.543. The van der Waals surface area contributed by atoms with E-state index in [0.29, 0.717) is 23.9 Å². The van der Waals surface area contributed by atoms with Crippen molar-refractivity contribution in [3.8, 4) is 5.75 Å². The van der Waals surface area contributed by atoms with E-state index in [-0.39, 0.29) is 5.56 Å². The van der Waals surface area contributed by atoms with Crippen molar-refractivity contribution < 1.29 is 4.74 Å². The zero-order valence-corrected chi connectivity index (χ0v) is 17.2. The van der Waals surface area contributed by atoms with E-state index in [1.807, 2.05) is 6.07 Å². The molecule has 0 unspecified atom stereocenters. The molecule has 0 spiro atoms. The second kappa shape index (κ2) is 8.80. The number of aryl methyl sites for hydroxylation is 2. The largest absolute Gasteiger partial charge is 0.487 e. The highest BCUT2D eigenvalue weighted by Gasteiger charge is 2.13. The topological polar surface area (TPSA) is 47.4 Å². The molecule has 0 radical (unpaired) electrons. The van der Waals surface area contributed by atoms with E-state index in [1.54, 1.807) is 29.1 Å². The number of ether oxygens (including phenoxy) is 1. The summed E-state index contributed by atoms with van der Waals surface area (Å²) in [6.45, 7) is 3.06. The highest BCUT2D eigenvalue weighted by atomic mass is 35.5. The van der Waals surface area contributed by atoms with Gasteiger partial charge in [-0.05, 0) is 54.8 Å². The fraction of sp³-hybridized carbons (Fsp3) is 0.304.